The van der Waals surface area contributed by atoms with Crippen LogP contribution in [-0.4, -0.2) is 36.6 Å². The summed E-state index contributed by atoms with van der Waals surface area (Å²) in [6.45, 7) is 1.29. The fourth-order valence-electron chi connectivity index (χ4n) is 2.68. The molecule has 0 saturated carbocycles. The van der Waals surface area contributed by atoms with E-state index in [-0.39, 0.29) is 12.8 Å². The fourth-order valence-corrected chi connectivity index (χ4v) is 2.88. The van der Waals surface area contributed by atoms with Gasteiger partial charge in [-0.3, -0.25) is 9.89 Å². The average molecular weight is 344 g/mol. The number of nitrogens with zero attached hydrogens (tertiary/aromatic N) is 2. The van der Waals surface area contributed by atoms with Crippen LogP contribution in [-0.2, 0) is 0 Å². The van der Waals surface area contributed by atoms with Crippen LogP contribution in [0.5, 0.6) is 11.5 Å². The van der Waals surface area contributed by atoms with Crippen molar-refractivity contribution in [2.24, 2.45) is 4.99 Å². The van der Waals surface area contributed by atoms with E-state index in [1.807, 2.05) is 12.1 Å². The van der Waals surface area contributed by atoms with Gasteiger partial charge in [-0.25, -0.2) is 4.79 Å². The van der Waals surface area contributed by atoms with Gasteiger partial charge in [-0.1, -0.05) is 23.7 Å². The minimum absolute atomic E-state index is 0.199. The van der Waals surface area contributed by atoms with Crippen LogP contribution < -0.4 is 14.8 Å². The molecule has 2 aliphatic rings. The molecule has 1 N–H and O–H groups in total. The molecule has 0 fully saturated rings. The number of ether oxygens (including phenoxy) is 2. The van der Waals surface area contributed by atoms with E-state index in [2.05, 4.69) is 10.3 Å². The van der Waals surface area contributed by atoms with Gasteiger partial charge in [0.15, 0.2) is 11.5 Å². The van der Waals surface area contributed by atoms with E-state index in [1.165, 1.54) is 0 Å². The summed E-state index contributed by atoms with van der Waals surface area (Å²) >= 11 is 6.03. The normalized spacial score (nSPS) is 15.4. The standard InChI is InChI=1S/C17H14ClN3O3/c18-12-3-1-2-11(8-12)16-19-6-7-21(16)17(22)20-13-4-5-14-15(9-13)24-10-23-14/h1-5,8-9H,6-7,10H2,(H,20,22). The van der Waals surface area contributed by atoms with Crippen molar-refractivity contribution in [2.45, 2.75) is 0 Å². The van der Waals surface area contributed by atoms with Gasteiger partial charge in [0.05, 0.1) is 6.54 Å². The van der Waals surface area contributed by atoms with Crippen LogP contribution in [0.3, 0.4) is 0 Å². The molecule has 0 unspecified atom stereocenters. The molecule has 0 atom stereocenters. The van der Waals surface area contributed by atoms with Gasteiger partial charge >= 0.3 is 6.03 Å². The van der Waals surface area contributed by atoms with E-state index >= 15 is 0 Å². The number of halogens is 1. The highest BCUT2D eigenvalue weighted by Gasteiger charge is 2.25. The van der Waals surface area contributed by atoms with Crippen LogP contribution in [0.2, 0.25) is 5.02 Å². The van der Waals surface area contributed by atoms with Gasteiger partial charge in [0.2, 0.25) is 6.79 Å². The van der Waals surface area contributed by atoms with Crippen molar-refractivity contribution in [3.63, 3.8) is 0 Å². The smallest absolute Gasteiger partial charge is 0.327 e. The molecule has 24 heavy (non-hydrogen) atoms. The zero-order chi connectivity index (χ0) is 16.5. The van der Waals surface area contributed by atoms with Gasteiger partial charge in [0.1, 0.15) is 5.84 Å². The predicted molar refractivity (Wildman–Crippen MR) is 91.1 cm³/mol. The second-order valence-electron chi connectivity index (χ2n) is 5.37. The number of hydrogen-bond donors (Lipinski definition) is 1. The molecule has 7 heteroatoms. The van der Waals surface area contributed by atoms with Crippen LogP contribution >= 0.6 is 11.6 Å². The lowest BCUT2D eigenvalue weighted by atomic mass is 10.2. The summed E-state index contributed by atoms with van der Waals surface area (Å²) in [6, 6.07) is 12.4. The van der Waals surface area contributed by atoms with Gasteiger partial charge in [0.25, 0.3) is 0 Å². The number of fused-ring (bicyclic) bond motifs is 1. The first-order valence-electron chi connectivity index (χ1n) is 7.49. The Balaban J connectivity index is 1.53. The van der Waals surface area contributed by atoms with Crippen LogP contribution in [0.1, 0.15) is 5.56 Å². The summed E-state index contributed by atoms with van der Waals surface area (Å²) in [5, 5.41) is 3.48. The Bertz CT molecular complexity index is 838. The Morgan fingerprint density at radius 2 is 2.04 bits per heavy atom. The van der Waals surface area contributed by atoms with E-state index < -0.39 is 0 Å². The van der Waals surface area contributed by atoms with Crippen molar-refractivity contribution in [2.75, 3.05) is 25.2 Å². The van der Waals surface area contributed by atoms with Crippen molar-refractivity contribution >= 4 is 29.2 Å². The van der Waals surface area contributed by atoms with E-state index in [1.54, 1.807) is 35.2 Å². The van der Waals surface area contributed by atoms with Crippen molar-refractivity contribution in [3.05, 3.63) is 53.1 Å². The lowest BCUT2D eigenvalue weighted by Crippen LogP contribution is -2.38. The topological polar surface area (TPSA) is 63.2 Å². The summed E-state index contributed by atoms with van der Waals surface area (Å²) in [4.78, 5) is 18.6. The van der Waals surface area contributed by atoms with Crippen molar-refractivity contribution in [1.29, 1.82) is 0 Å². The first kappa shape index (κ1) is 14.8. The molecule has 2 aromatic rings. The summed E-state index contributed by atoms with van der Waals surface area (Å²) in [7, 11) is 0. The molecule has 0 aliphatic carbocycles. The second kappa shape index (κ2) is 6.05. The first-order valence-corrected chi connectivity index (χ1v) is 7.87. The van der Waals surface area contributed by atoms with E-state index in [4.69, 9.17) is 21.1 Å². The number of anilines is 1. The molecule has 0 aromatic heterocycles. The average Bonchev–Trinajstić information content (AvgIpc) is 3.23. The number of urea groups is 1. The van der Waals surface area contributed by atoms with Crippen LogP contribution in [0, 0.1) is 0 Å². The summed E-state index contributed by atoms with van der Waals surface area (Å²) < 4.78 is 10.6. The Hall–Kier alpha value is -2.73. The summed E-state index contributed by atoms with van der Waals surface area (Å²) in [6.07, 6.45) is 0. The molecular weight excluding hydrogens is 330 g/mol. The van der Waals surface area contributed by atoms with Crippen LogP contribution in [0.25, 0.3) is 0 Å². The van der Waals surface area contributed by atoms with Crippen molar-refractivity contribution in [1.82, 2.24) is 4.90 Å². The number of nitrogens with one attached hydrogen (secondary N) is 1. The molecule has 0 saturated heterocycles. The highest BCUT2D eigenvalue weighted by molar-refractivity contribution is 6.31. The molecule has 2 amide bonds. The molecule has 0 bridgehead atoms. The van der Waals surface area contributed by atoms with Crippen molar-refractivity contribution in [3.8, 4) is 11.5 Å². The van der Waals surface area contributed by atoms with Gasteiger partial charge < -0.3 is 14.8 Å². The molecule has 0 radical (unpaired) electrons. The molecule has 2 aliphatic heterocycles. The third kappa shape index (κ3) is 2.76. The zero-order valence-corrected chi connectivity index (χ0v) is 13.4. The second-order valence-corrected chi connectivity index (χ2v) is 5.80. The van der Waals surface area contributed by atoms with Crippen LogP contribution in [0.15, 0.2) is 47.5 Å². The van der Waals surface area contributed by atoms with Gasteiger partial charge in [-0.05, 0) is 24.3 Å². The highest BCUT2D eigenvalue weighted by Crippen LogP contribution is 2.34. The van der Waals surface area contributed by atoms with E-state index in [0.29, 0.717) is 41.1 Å². The lowest BCUT2D eigenvalue weighted by molar-refractivity contribution is 0.174. The van der Waals surface area contributed by atoms with Crippen molar-refractivity contribution < 1.29 is 14.3 Å². The molecule has 6 nitrogen and oxygen atoms in total. The molecule has 122 valence electrons. The van der Waals surface area contributed by atoms with Gasteiger partial charge in [-0.2, -0.15) is 0 Å². The molecule has 2 aromatic carbocycles. The number of benzene rings is 2. The number of hydrogen-bond acceptors (Lipinski definition) is 4. The minimum Gasteiger partial charge on any atom is -0.454 e. The highest BCUT2D eigenvalue weighted by atomic mass is 35.5. The quantitative estimate of drug-likeness (QED) is 0.909. The minimum atomic E-state index is -0.245. The number of rotatable bonds is 2. The monoisotopic (exact) mass is 343 g/mol. The maximum absolute atomic E-state index is 12.6. The zero-order valence-electron chi connectivity index (χ0n) is 12.7. The number of amidine groups is 1. The first-order chi connectivity index (χ1) is 11.7. The summed E-state index contributed by atoms with van der Waals surface area (Å²) in [5.74, 6) is 1.92. The fraction of sp³-hybridized carbons (Fsp3) is 0.176. The number of aliphatic imine (C=N–C) groups is 1. The SMILES string of the molecule is O=C(Nc1ccc2c(c1)OCO2)N1CCN=C1c1cccc(Cl)c1. The molecular formula is C17H14ClN3O3. The van der Waals surface area contributed by atoms with E-state index in [0.717, 1.165) is 5.56 Å². The summed E-state index contributed by atoms with van der Waals surface area (Å²) in [5.41, 5.74) is 1.46. The molecule has 4 rings (SSSR count). The van der Waals surface area contributed by atoms with E-state index in [9.17, 15) is 4.79 Å². The lowest BCUT2D eigenvalue weighted by Gasteiger charge is -2.19. The Morgan fingerprint density at radius 3 is 2.92 bits per heavy atom. The molecule has 0 spiro atoms. The largest absolute Gasteiger partial charge is 0.454 e. The predicted octanol–water partition coefficient (Wildman–Crippen LogP) is 3.36. The van der Waals surface area contributed by atoms with Gasteiger partial charge in [-0.15, -0.1) is 0 Å². The maximum Gasteiger partial charge on any atom is 0.327 e. The third-order valence-electron chi connectivity index (χ3n) is 3.79. The van der Waals surface area contributed by atoms with Crippen LogP contribution in [0.4, 0.5) is 10.5 Å². The number of amides is 2. The Kier molecular flexibility index (Phi) is 3.74. The Labute approximate surface area is 143 Å². The van der Waals surface area contributed by atoms with Gasteiger partial charge in [0, 0.05) is 28.9 Å². The molecule has 2 heterocycles. The number of carbonyl (C=O) groups is 1. The Morgan fingerprint density at radius 1 is 1.17 bits per heavy atom. The number of carbonyl (C=O) groups excluding carboxylic acids is 1. The maximum atomic E-state index is 12.6. The third-order valence-corrected chi connectivity index (χ3v) is 4.03.